The van der Waals surface area contributed by atoms with Gasteiger partial charge in [-0.25, -0.2) is 0 Å². The normalized spacial score (nSPS) is 12.6. The molecule has 0 aliphatic carbocycles. The number of ketones is 1. The van der Waals surface area contributed by atoms with E-state index in [9.17, 15) is 4.79 Å². The van der Waals surface area contributed by atoms with Gasteiger partial charge in [0.2, 0.25) is 0 Å². The summed E-state index contributed by atoms with van der Waals surface area (Å²) in [6, 6.07) is 0. The van der Waals surface area contributed by atoms with Gasteiger partial charge in [0.05, 0.1) is 12.7 Å². The van der Waals surface area contributed by atoms with E-state index in [1.165, 1.54) is 6.08 Å². The van der Waals surface area contributed by atoms with E-state index < -0.39 is 6.10 Å². The van der Waals surface area contributed by atoms with Gasteiger partial charge in [-0.05, 0) is 12.5 Å². The van der Waals surface area contributed by atoms with Crippen LogP contribution in [0.25, 0.3) is 0 Å². The number of aliphatic hydroxyl groups excluding tert-OH is 2. The minimum absolute atomic E-state index is 0.104. The van der Waals surface area contributed by atoms with Crippen LogP contribution >= 0.6 is 0 Å². The number of aliphatic hydroxyl groups is 2. The number of hydrogen-bond donors (Lipinski definition) is 2. The van der Waals surface area contributed by atoms with Crippen LogP contribution in [0.4, 0.5) is 0 Å². The first-order valence-corrected chi connectivity index (χ1v) is 3.15. The van der Waals surface area contributed by atoms with E-state index in [4.69, 9.17) is 10.2 Å². The predicted octanol–water partition coefficient (Wildman–Crippen LogP) is -0.125. The summed E-state index contributed by atoms with van der Waals surface area (Å²) in [5.41, 5.74) is 0. The van der Waals surface area contributed by atoms with Gasteiger partial charge in [-0.2, -0.15) is 0 Å². The fourth-order valence-electron chi connectivity index (χ4n) is 0.502. The number of carbonyl (C=O) groups is 1. The first kappa shape index (κ1) is 9.33. The molecule has 58 valence electrons. The molecule has 0 fully saturated rings. The molecule has 0 amide bonds. The second-order valence-electron chi connectivity index (χ2n) is 2.05. The van der Waals surface area contributed by atoms with E-state index in [0.29, 0.717) is 6.42 Å². The molecular weight excluding hydrogens is 132 g/mol. The van der Waals surface area contributed by atoms with Gasteiger partial charge < -0.3 is 10.2 Å². The van der Waals surface area contributed by atoms with Crippen LogP contribution < -0.4 is 0 Å². The van der Waals surface area contributed by atoms with E-state index in [1.807, 2.05) is 0 Å². The lowest BCUT2D eigenvalue weighted by atomic mass is 10.1. The molecule has 0 spiro atoms. The molecule has 0 bridgehead atoms. The highest BCUT2D eigenvalue weighted by Crippen LogP contribution is 1.96. The molecule has 0 radical (unpaired) electrons. The fraction of sp³-hybridized carbons (Fsp3) is 0.571. The SMILES string of the molecule is C=CC(=O)CCC(O)CO. The minimum Gasteiger partial charge on any atom is -0.394 e. The smallest absolute Gasteiger partial charge is 0.155 e. The average molecular weight is 144 g/mol. The van der Waals surface area contributed by atoms with E-state index in [0.717, 1.165) is 0 Å². The number of rotatable bonds is 5. The van der Waals surface area contributed by atoms with Crippen molar-refractivity contribution in [1.82, 2.24) is 0 Å². The third-order valence-electron chi connectivity index (χ3n) is 1.16. The van der Waals surface area contributed by atoms with Crippen LogP contribution in [0.1, 0.15) is 12.8 Å². The molecule has 2 N–H and O–H groups in total. The molecule has 0 aliphatic heterocycles. The summed E-state index contributed by atoms with van der Waals surface area (Å²) in [5, 5.41) is 17.1. The van der Waals surface area contributed by atoms with Gasteiger partial charge >= 0.3 is 0 Å². The Morgan fingerprint density at radius 1 is 1.70 bits per heavy atom. The molecule has 0 aliphatic rings. The van der Waals surface area contributed by atoms with Crippen LogP contribution in [0, 0.1) is 0 Å². The second kappa shape index (κ2) is 5.14. The maximum Gasteiger partial charge on any atom is 0.155 e. The van der Waals surface area contributed by atoms with E-state index in [1.54, 1.807) is 0 Å². The lowest BCUT2D eigenvalue weighted by Crippen LogP contribution is -2.12. The largest absolute Gasteiger partial charge is 0.394 e. The van der Waals surface area contributed by atoms with Crippen LogP contribution in [-0.2, 0) is 4.79 Å². The van der Waals surface area contributed by atoms with Crippen molar-refractivity contribution in [1.29, 1.82) is 0 Å². The lowest BCUT2D eigenvalue weighted by Gasteiger charge is -2.02. The Bertz CT molecular complexity index is 120. The zero-order valence-electron chi connectivity index (χ0n) is 5.79. The van der Waals surface area contributed by atoms with Gasteiger partial charge in [0.25, 0.3) is 0 Å². The summed E-state index contributed by atoms with van der Waals surface area (Å²) in [6.45, 7) is 2.98. The predicted molar refractivity (Wildman–Crippen MR) is 37.5 cm³/mol. The van der Waals surface area contributed by atoms with E-state index in [2.05, 4.69) is 6.58 Å². The maximum atomic E-state index is 10.5. The Labute approximate surface area is 60.0 Å². The Kier molecular flexibility index (Phi) is 4.80. The van der Waals surface area contributed by atoms with Crippen LogP contribution in [0.3, 0.4) is 0 Å². The third kappa shape index (κ3) is 4.23. The molecule has 3 nitrogen and oxygen atoms in total. The molecule has 0 heterocycles. The van der Waals surface area contributed by atoms with Crippen molar-refractivity contribution in [3.05, 3.63) is 12.7 Å². The molecule has 0 aromatic rings. The standard InChI is InChI=1S/C7H12O3/c1-2-6(9)3-4-7(10)5-8/h2,7-8,10H,1,3-5H2. The van der Waals surface area contributed by atoms with Crippen molar-refractivity contribution in [3.63, 3.8) is 0 Å². The van der Waals surface area contributed by atoms with Crippen molar-refractivity contribution in [2.24, 2.45) is 0 Å². The van der Waals surface area contributed by atoms with Gasteiger partial charge in [-0.3, -0.25) is 4.79 Å². The zero-order valence-corrected chi connectivity index (χ0v) is 5.79. The lowest BCUT2D eigenvalue weighted by molar-refractivity contribution is -0.115. The Hall–Kier alpha value is -0.670. The Morgan fingerprint density at radius 2 is 2.30 bits per heavy atom. The molecule has 10 heavy (non-hydrogen) atoms. The molecular formula is C7H12O3. The molecule has 0 saturated heterocycles. The first-order valence-electron chi connectivity index (χ1n) is 3.15. The number of allylic oxidation sites excluding steroid dienone is 1. The Morgan fingerprint density at radius 3 is 2.70 bits per heavy atom. The van der Waals surface area contributed by atoms with Crippen LogP contribution in [0.15, 0.2) is 12.7 Å². The van der Waals surface area contributed by atoms with Crippen LogP contribution in [-0.4, -0.2) is 28.7 Å². The maximum absolute atomic E-state index is 10.5. The minimum atomic E-state index is -0.774. The summed E-state index contributed by atoms with van der Waals surface area (Å²) in [5.74, 6) is -0.104. The van der Waals surface area contributed by atoms with Crippen molar-refractivity contribution in [3.8, 4) is 0 Å². The average Bonchev–Trinajstić information content (AvgIpc) is 1.99. The number of carbonyl (C=O) groups excluding carboxylic acids is 1. The fourth-order valence-corrected chi connectivity index (χ4v) is 0.502. The van der Waals surface area contributed by atoms with E-state index >= 15 is 0 Å². The highest BCUT2D eigenvalue weighted by Gasteiger charge is 2.03. The molecule has 0 rings (SSSR count). The highest BCUT2D eigenvalue weighted by molar-refractivity contribution is 5.88. The van der Waals surface area contributed by atoms with Crippen molar-refractivity contribution < 1.29 is 15.0 Å². The Balaban J connectivity index is 3.34. The van der Waals surface area contributed by atoms with Gasteiger partial charge in [0.1, 0.15) is 0 Å². The highest BCUT2D eigenvalue weighted by atomic mass is 16.3. The van der Waals surface area contributed by atoms with E-state index in [-0.39, 0.29) is 18.8 Å². The summed E-state index contributed by atoms with van der Waals surface area (Å²) in [4.78, 5) is 10.5. The number of hydrogen-bond acceptors (Lipinski definition) is 3. The van der Waals surface area contributed by atoms with Gasteiger partial charge in [0.15, 0.2) is 5.78 Å². The summed E-state index contributed by atoms with van der Waals surface area (Å²) in [6.07, 6.45) is 1.00. The summed E-state index contributed by atoms with van der Waals surface area (Å²) < 4.78 is 0. The molecule has 1 unspecified atom stereocenters. The third-order valence-corrected chi connectivity index (χ3v) is 1.16. The zero-order chi connectivity index (χ0) is 7.98. The summed E-state index contributed by atoms with van der Waals surface area (Å²) >= 11 is 0. The molecule has 0 saturated carbocycles. The quantitative estimate of drug-likeness (QED) is 0.529. The van der Waals surface area contributed by atoms with Gasteiger partial charge in [-0.15, -0.1) is 0 Å². The van der Waals surface area contributed by atoms with Crippen molar-refractivity contribution in [2.75, 3.05) is 6.61 Å². The van der Waals surface area contributed by atoms with Gasteiger partial charge in [0, 0.05) is 6.42 Å². The topological polar surface area (TPSA) is 57.5 Å². The molecule has 0 aromatic carbocycles. The van der Waals surface area contributed by atoms with Crippen LogP contribution in [0.2, 0.25) is 0 Å². The van der Waals surface area contributed by atoms with Crippen LogP contribution in [0.5, 0.6) is 0 Å². The van der Waals surface area contributed by atoms with Crippen molar-refractivity contribution in [2.45, 2.75) is 18.9 Å². The van der Waals surface area contributed by atoms with Gasteiger partial charge in [-0.1, -0.05) is 6.58 Å². The monoisotopic (exact) mass is 144 g/mol. The van der Waals surface area contributed by atoms with Crippen molar-refractivity contribution >= 4 is 5.78 Å². The molecule has 0 aromatic heterocycles. The second-order valence-corrected chi connectivity index (χ2v) is 2.05. The molecule has 1 atom stereocenters. The molecule has 3 heteroatoms. The first-order chi connectivity index (χ1) is 4.70. The summed E-state index contributed by atoms with van der Waals surface area (Å²) in [7, 11) is 0.